The SMILES string of the molecule is CCC(C)NC(=O)c1nn(-c2cccc(Cl)c2)c(=O)n(Cc2ccc(C)cc2)c1=O. The molecule has 3 aromatic rings. The summed E-state index contributed by atoms with van der Waals surface area (Å²) in [6.45, 7) is 5.72. The number of amides is 1. The van der Waals surface area contributed by atoms with E-state index in [2.05, 4.69) is 10.4 Å². The topological polar surface area (TPSA) is 86.0 Å². The van der Waals surface area contributed by atoms with Gasteiger partial charge < -0.3 is 5.32 Å². The lowest BCUT2D eigenvalue weighted by Gasteiger charge is -2.14. The van der Waals surface area contributed by atoms with Crippen LogP contribution in [0.5, 0.6) is 0 Å². The molecule has 1 heterocycles. The van der Waals surface area contributed by atoms with E-state index in [4.69, 9.17) is 11.6 Å². The summed E-state index contributed by atoms with van der Waals surface area (Å²) in [6.07, 6.45) is 0.692. The van der Waals surface area contributed by atoms with Crippen LogP contribution >= 0.6 is 11.6 Å². The number of nitrogens with one attached hydrogen (secondary N) is 1. The van der Waals surface area contributed by atoms with Gasteiger partial charge in [0, 0.05) is 11.1 Å². The highest BCUT2D eigenvalue weighted by Crippen LogP contribution is 2.12. The van der Waals surface area contributed by atoms with Gasteiger partial charge in [0.15, 0.2) is 0 Å². The van der Waals surface area contributed by atoms with Crippen molar-refractivity contribution in [2.75, 3.05) is 0 Å². The number of carbonyl (C=O) groups excluding carboxylic acids is 1. The van der Waals surface area contributed by atoms with Crippen molar-refractivity contribution in [1.82, 2.24) is 19.7 Å². The number of rotatable bonds is 6. The number of hydrogen-bond acceptors (Lipinski definition) is 4. The largest absolute Gasteiger partial charge is 0.352 e. The fraction of sp³-hybridized carbons (Fsp3) is 0.273. The summed E-state index contributed by atoms with van der Waals surface area (Å²) in [7, 11) is 0. The van der Waals surface area contributed by atoms with Crippen LogP contribution in [-0.4, -0.2) is 26.3 Å². The van der Waals surface area contributed by atoms with E-state index in [0.717, 1.165) is 20.4 Å². The molecule has 1 N–H and O–H groups in total. The van der Waals surface area contributed by atoms with Gasteiger partial charge in [-0.25, -0.2) is 4.79 Å². The van der Waals surface area contributed by atoms with E-state index in [1.807, 2.05) is 45.0 Å². The van der Waals surface area contributed by atoms with Crippen LogP contribution in [0.4, 0.5) is 0 Å². The summed E-state index contributed by atoms with van der Waals surface area (Å²) < 4.78 is 2.05. The third-order valence-electron chi connectivity index (χ3n) is 4.78. The summed E-state index contributed by atoms with van der Waals surface area (Å²) in [6, 6.07) is 13.8. The van der Waals surface area contributed by atoms with E-state index in [1.54, 1.807) is 24.3 Å². The number of aryl methyl sites for hydroxylation is 1. The van der Waals surface area contributed by atoms with E-state index in [-0.39, 0.29) is 18.3 Å². The third-order valence-corrected chi connectivity index (χ3v) is 5.01. The molecule has 156 valence electrons. The van der Waals surface area contributed by atoms with Crippen molar-refractivity contribution in [2.24, 2.45) is 0 Å². The number of benzene rings is 2. The van der Waals surface area contributed by atoms with Gasteiger partial charge in [0.1, 0.15) is 0 Å². The number of carbonyl (C=O) groups is 1. The molecule has 2 aromatic carbocycles. The van der Waals surface area contributed by atoms with Crippen molar-refractivity contribution in [3.05, 3.63) is 91.2 Å². The van der Waals surface area contributed by atoms with Crippen molar-refractivity contribution in [3.63, 3.8) is 0 Å². The molecule has 0 spiro atoms. The maximum Gasteiger partial charge on any atom is 0.352 e. The first-order chi connectivity index (χ1) is 14.3. The average Bonchev–Trinajstić information content (AvgIpc) is 2.72. The van der Waals surface area contributed by atoms with Gasteiger partial charge in [0.05, 0.1) is 12.2 Å². The molecule has 3 rings (SSSR count). The van der Waals surface area contributed by atoms with Gasteiger partial charge in [-0.1, -0.05) is 54.4 Å². The van der Waals surface area contributed by atoms with Crippen LogP contribution < -0.4 is 16.6 Å². The van der Waals surface area contributed by atoms with E-state index >= 15 is 0 Å². The molecule has 0 aliphatic rings. The van der Waals surface area contributed by atoms with Crippen LogP contribution in [-0.2, 0) is 6.54 Å². The molecular weight excluding hydrogens is 404 g/mol. The standard InChI is InChI=1S/C22H23ClN4O3/c1-4-15(3)24-20(28)19-21(29)26(13-16-10-8-14(2)9-11-16)22(30)27(25-19)18-7-5-6-17(23)12-18/h5-12,15H,4,13H2,1-3H3,(H,24,28). The second-order valence-electron chi connectivity index (χ2n) is 7.18. The fourth-order valence-corrected chi connectivity index (χ4v) is 3.03. The Morgan fingerprint density at radius 2 is 1.87 bits per heavy atom. The molecule has 0 saturated carbocycles. The Labute approximate surface area is 178 Å². The molecule has 0 aliphatic heterocycles. The molecule has 0 aliphatic carbocycles. The fourth-order valence-electron chi connectivity index (χ4n) is 2.84. The molecule has 0 bridgehead atoms. The molecule has 0 fully saturated rings. The number of nitrogens with zero attached hydrogens (tertiary/aromatic N) is 3. The maximum absolute atomic E-state index is 13.1. The average molecular weight is 427 g/mol. The first-order valence-electron chi connectivity index (χ1n) is 9.66. The van der Waals surface area contributed by atoms with Crippen LogP contribution in [0.1, 0.15) is 41.9 Å². The second kappa shape index (κ2) is 9.09. The Kier molecular flexibility index (Phi) is 6.52. The van der Waals surface area contributed by atoms with Crippen molar-refractivity contribution >= 4 is 17.5 Å². The minimum atomic E-state index is -0.736. The van der Waals surface area contributed by atoms with Gasteiger partial charge in [-0.2, -0.15) is 9.78 Å². The Bertz CT molecular complexity index is 1180. The van der Waals surface area contributed by atoms with Crippen molar-refractivity contribution < 1.29 is 4.79 Å². The Hall–Kier alpha value is -3.19. The van der Waals surface area contributed by atoms with Gasteiger partial charge in [-0.05, 0) is 44.0 Å². The zero-order valence-corrected chi connectivity index (χ0v) is 17.8. The predicted octanol–water partition coefficient (Wildman–Crippen LogP) is 2.93. The van der Waals surface area contributed by atoms with Crippen LogP contribution in [0, 0.1) is 6.92 Å². The highest BCUT2D eigenvalue weighted by Gasteiger charge is 2.21. The Morgan fingerprint density at radius 3 is 2.50 bits per heavy atom. The van der Waals surface area contributed by atoms with Crippen molar-refractivity contribution in [3.8, 4) is 5.69 Å². The zero-order valence-electron chi connectivity index (χ0n) is 17.1. The van der Waals surface area contributed by atoms with Gasteiger partial charge in [0.2, 0.25) is 5.69 Å². The summed E-state index contributed by atoms with van der Waals surface area (Å²) in [5, 5.41) is 7.23. The van der Waals surface area contributed by atoms with Gasteiger partial charge in [-0.15, -0.1) is 0 Å². The minimum absolute atomic E-state index is 0.0185. The van der Waals surface area contributed by atoms with Crippen molar-refractivity contribution in [1.29, 1.82) is 0 Å². The molecule has 0 saturated heterocycles. The summed E-state index contributed by atoms with van der Waals surface area (Å²) in [5.41, 5.74) is 0.454. The molecule has 1 amide bonds. The summed E-state index contributed by atoms with van der Waals surface area (Å²) >= 11 is 6.06. The molecule has 1 aromatic heterocycles. The lowest BCUT2D eigenvalue weighted by molar-refractivity contribution is 0.0929. The molecule has 0 radical (unpaired) electrons. The minimum Gasteiger partial charge on any atom is -0.348 e. The monoisotopic (exact) mass is 426 g/mol. The van der Waals surface area contributed by atoms with Gasteiger partial charge in [-0.3, -0.25) is 14.2 Å². The van der Waals surface area contributed by atoms with E-state index < -0.39 is 17.2 Å². The van der Waals surface area contributed by atoms with Gasteiger partial charge in [0.25, 0.3) is 11.5 Å². The van der Waals surface area contributed by atoms with E-state index in [0.29, 0.717) is 17.1 Å². The molecule has 30 heavy (non-hydrogen) atoms. The maximum atomic E-state index is 13.1. The predicted molar refractivity (Wildman–Crippen MR) is 117 cm³/mol. The lowest BCUT2D eigenvalue weighted by atomic mass is 10.1. The van der Waals surface area contributed by atoms with Crippen LogP contribution in [0.2, 0.25) is 5.02 Å². The van der Waals surface area contributed by atoms with Gasteiger partial charge >= 0.3 is 5.69 Å². The lowest BCUT2D eigenvalue weighted by Crippen LogP contribution is -2.47. The Morgan fingerprint density at radius 1 is 1.17 bits per heavy atom. The number of halogens is 1. The van der Waals surface area contributed by atoms with E-state index in [9.17, 15) is 14.4 Å². The molecule has 1 atom stereocenters. The van der Waals surface area contributed by atoms with Crippen LogP contribution in [0.3, 0.4) is 0 Å². The summed E-state index contributed by atoms with van der Waals surface area (Å²) in [5.74, 6) is -0.622. The second-order valence-corrected chi connectivity index (χ2v) is 7.62. The van der Waals surface area contributed by atoms with Crippen LogP contribution in [0.25, 0.3) is 5.69 Å². The first-order valence-corrected chi connectivity index (χ1v) is 10.0. The highest BCUT2D eigenvalue weighted by molar-refractivity contribution is 6.30. The van der Waals surface area contributed by atoms with E-state index in [1.165, 1.54) is 0 Å². The first kappa shape index (κ1) is 21.5. The molecule has 7 nitrogen and oxygen atoms in total. The number of hydrogen-bond donors (Lipinski definition) is 1. The third kappa shape index (κ3) is 4.68. The zero-order chi connectivity index (χ0) is 21.8. The normalized spacial score (nSPS) is 11.9. The van der Waals surface area contributed by atoms with Crippen molar-refractivity contribution in [2.45, 2.75) is 39.8 Å². The Balaban J connectivity index is 2.18. The summed E-state index contributed by atoms with van der Waals surface area (Å²) in [4.78, 5) is 38.9. The molecular formula is C22H23ClN4O3. The number of aromatic nitrogens is 3. The molecule has 8 heteroatoms. The van der Waals surface area contributed by atoms with Crippen LogP contribution in [0.15, 0.2) is 58.1 Å². The quantitative estimate of drug-likeness (QED) is 0.656. The molecule has 1 unspecified atom stereocenters. The smallest absolute Gasteiger partial charge is 0.348 e. The highest BCUT2D eigenvalue weighted by atomic mass is 35.5.